The molecule has 1 aliphatic heterocycles. The maximum Gasteiger partial charge on any atom is 0.222 e. The largest absolute Gasteiger partial charge is 0.369 e. The molecule has 1 amide bonds. The number of carbonyl (C=O) groups excluding carboxylic acids is 1. The third-order valence-electron chi connectivity index (χ3n) is 4.24. The van der Waals surface area contributed by atoms with Crippen LogP contribution in [0.25, 0.3) is 0 Å². The van der Waals surface area contributed by atoms with Gasteiger partial charge in [0, 0.05) is 25.6 Å². The molecule has 2 N–H and O–H groups in total. The van der Waals surface area contributed by atoms with Crippen LogP contribution >= 0.6 is 0 Å². The van der Waals surface area contributed by atoms with Crippen LogP contribution in [0.5, 0.6) is 0 Å². The van der Waals surface area contributed by atoms with Crippen LogP contribution < -0.4 is 5.73 Å². The molecule has 0 aromatic heterocycles. The molecule has 1 heterocycles. The van der Waals surface area contributed by atoms with E-state index < -0.39 is 0 Å². The van der Waals surface area contributed by atoms with Gasteiger partial charge in [-0.25, -0.2) is 0 Å². The van der Waals surface area contributed by atoms with E-state index in [1.165, 1.54) is 11.1 Å². The van der Waals surface area contributed by atoms with Crippen LogP contribution in [-0.4, -0.2) is 23.9 Å². The van der Waals surface area contributed by atoms with Crippen molar-refractivity contribution in [3.05, 3.63) is 71.8 Å². The Morgan fingerprint density at radius 2 is 1.62 bits per heavy atom. The van der Waals surface area contributed by atoms with E-state index >= 15 is 0 Å². The van der Waals surface area contributed by atoms with E-state index in [1.54, 1.807) is 0 Å². The Kier molecular flexibility index (Phi) is 4.02. The second-order valence-electron chi connectivity index (χ2n) is 5.71. The normalized spacial score (nSPS) is 22.3. The van der Waals surface area contributed by atoms with Crippen molar-refractivity contribution in [2.45, 2.75) is 12.5 Å². The van der Waals surface area contributed by atoms with E-state index in [1.807, 2.05) is 36.4 Å². The second kappa shape index (κ2) is 6.10. The summed E-state index contributed by atoms with van der Waals surface area (Å²) in [6.45, 7) is 2.49. The summed E-state index contributed by atoms with van der Waals surface area (Å²) in [5.41, 5.74) is 8.09. The molecule has 0 saturated carbocycles. The van der Waals surface area contributed by atoms with Gasteiger partial charge in [0.05, 0.1) is 5.92 Å². The molecule has 0 spiro atoms. The zero-order valence-corrected chi connectivity index (χ0v) is 12.0. The molecule has 2 aromatic rings. The lowest BCUT2D eigenvalue weighted by atomic mass is 9.89. The van der Waals surface area contributed by atoms with Gasteiger partial charge in [0.25, 0.3) is 0 Å². The van der Waals surface area contributed by atoms with Gasteiger partial charge in [-0.1, -0.05) is 60.7 Å². The van der Waals surface area contributed by atoms with Crippen molar-refractivity contribution < 1.29 is 4.79 Å². The van der Waals surface area contributed by atoms with E-state index in [-0.39, 0.29) is 17.7 Å². The average Bonchev–Trinajstić information content (AvgIpc) is 2.93. The molecule has 0 radical (unpaired) electrons. The molecule has 1 saturated heterocycles. The predicted molar refractivity (Wildman–Crippen MR) is 83.6 cm³/mol. The minimum atomic E-state index is -0.195. The number of rotatable bonds is 4. The first-order chi connectivity index (χ1) is 10.2. The predicted octanol–water partition coefficient (Wildman–Crippen LogP) is 2.39. The van der Waals surface area contributed by atoms with Crippen molar-refractivity contribution in [1.29, 1.82) is 0 Å². The zero-order chi connectivity index (χ0) is 14.7. The Morgan fingerprint density at radius 1 is 1.00 bits per heavy atom. The van der Waals surface area contributed by atoms with Crippen LogP contribution in [0.4, 0.5) is 0 Å². The average molecular weight is 280 g/mol. The number of amides is 1. The van der Waals surface area contributed by atoms with E-state index in [0.717, 1.165) is 19.6 Å². The fourth-order valence-corrected chi connectivity index (χ4v) is 3.18. The second-order valence-corrected chi connectivity index (χ2v) is 5.71. The van der Waals surface area contributed by atoms with Crippen molar-refractivity contribution in [2.24, 2.45) is 11.7 Å². The van der Waals surface area contributed by atoms with Gasteiger partial charge in [0.2, 0.25) is 5.91 Å². The number of hydrogen-bond donors (Lipinski definition) is 1. The maximum absolute atomic E-state index is 11.8. The van der Waals surface area contributed by atoms with Gasteiger partial charge in [0.1, 0.15) is 0 Å². The molecule has 3 nitrogen and oxygen atoms in total. The highest BCUT2D eigenvalue weighted by Crippen LogP contribution is 2.33. The summed E-state index contributed by atoms with van der Waals surface area (Å²) in [7, 11) is 0. The molecule has 3 rings (SSSR count). The first-order valence-electron chi connectivity index (χ1n) is 7.34. The van der Waals surface area contributed by atoms with E-state index in [9.17, 15) is 4.79 Å². The smallest absolute Gasteiger partial charge is 0.222 e. The summed E-state index contributed by atoms with van der Waals surface area (Å²) in [4.78, 5) is 14.1. The van der Waals surface area contributed by atoms with Crippen molar-refractivity contribution >= 4 is 5.91 Å². The van der Waals surface area contributed by atoms with Gasteiger partial charge in [0.15, 0.2) is 0 Å². The van der Waals surface area contributed by atoms with E-state index in [4.69, 9.17) is 5.73 Å². The Morgan fingerprint density at radius 3 is 2.24 bits per heavy atom. The van der Waals surface area contributed by atoms with Gasteiger partial charge in [-0.15, -0.1) is 0 Å². The monoisotopic (exact) mass is 280 g/mol. The molecule has 1 fully saturated rings. The quantitative estimate of drug-likeness (QED) is 0.934. The Labute approximate surface area is 125 Å². The highest BCUT2D eigenvalue weighted by Gasteiger charge is 2.37. The van der Waals surface area contributed by atoms with E-state index in [2.05, 4.69) is 29.2 Å². The van der Waals surface area contributed by atoms with Gasteiger partial charge in [-0.3, -0.25) is 9.69 Å². The SMILES string of the molecule is NC(=O)[C@H]1CN(Cc2ccccc2)C[C@@H]1c1ccccc1. The molecule has 0 bridgehead atoms. The number of hydrogen-bond acceptors (Lipinski definition) is 2. The van der Waals surface area contributed by atoms with Crippen LogP contribution in [0.2, 0.25) is 0 Å². The fraction of sp³-hybridized carbons (Fsp3) is 0.278. The summed E-state index contributed by atoms with van der Waals surface area (Å²) in [6.07, 6.45) is 0. The van der Waals surface area contributed by atoms with Crippen molar-refractivity contribution in [3.8, 4) is 0 Å². The van der Waals surface area contributed by atoms with Gasteiger partial charge >= 0.3 is 0 Å². The lowest BCUT2D eigenvalue weighted by molar-refractivity contribution is -0.121. The summed E-state index contributed by atoms with van der Waals surface area (Å²) in [6, 6.07) is 20.6. The standard InChI is InChI=1S/C18H20N2O/c19-18(21)17-13-20(11-14-7-3-1-4-8-14)12-16(17)15-9-5-2-6-10-15/h1-10,16-17H,11-13H2,(H2,19,21)/t16-,17+/m1/s1. The van der Waals surface area contributed by atoms with Crippen LogP contribution in [0.15, 0.2) is 60.7 Å². The molecular formula is C18H20N2O. The minimum absolute atomic E-state index is 0.101. The summed E-state index contributed by atoms with van der Waals surface area (Å²) < 4.78 is 0. The lowest BCUT2D eigenvalue weighted by Gasteiger charge is -2.16. The third-order valence-corrected chi connectivity index (χ3v) is 4.24. The van der Waals surface area contributed by atoms with Crippen LogP contribution in [0, 0.1) is 5.92 Å². The van der Waals surface area contributed by atoms with Gasteiger partial charge in [-0.2, -0.15) is 0 Å². The number of benzene rings is 2. The Bertz CT molecular complexity index is 597. The first-order valence-corrected chi connectivity index (χ1v) is 7.34. The topological polar surface area (TPSA) is 46.3 Å². The summed E-state index contributed by atoms with van der Waals surface area (Å²) in [5, 5.41) is 0. The molecule has 108 valence electrons. The molecule has 2 aromatic carbocycles. The third kappa shape index (κ3) is 3.14. The van der Waals surface area contributed by atoms with Crippen molar-refractivity contribution in [3.63, 3.8) is 0 Å². The van der Waals surface area contributed by atoms with Crippen LogP contribution in [0.3, 0.4) is 0 Å². The van der Waals surface area contributed by atoms with E-state index in [0.29, 0.717) is 0 Å². The number of carbonyl (C=O) groups is 1. The number of nitrogens with zero attached hydrogens (tertiary/aromatic N) is 1. The van der Waals surface area contributed by atoms with Gasteiger partial charge in [-0.05, 0) is 11.1 Å². The summed E-state index contributed by atoms with van der Waals surface area (Å²) >= 11 is 0. The minimum Gasteiger partial charge on any atom is -0.369 e. The summed E-state index contributed by atoms with van der Waals surface area (Å²) in [5.74, 6) is -0.0945. The van der Waals surface area contributed by atoms with Crippen molar-refractivity contribution in [1.82, 2.24) is 4.90 Å². The fourth-order valence-electron chi connectivity index (χ4n) is 3.18. The molecular weight excluding hydrogens is 260 g/mol. The molecule has 3 heteroatoms. The Hall–Kier alpha value is -2.13. The zero-order valence-electron chi connectivity index (χ0n) is 12.0. The number of primary amides is 1. The molecule has 2 atom stereocenters. The first kappa shape index (κ1) is 13.8. The Balaban J connectivity index is 1.77. The molecule has 0 unspecified atom stereocenters. The van der Waals surface area contributed by atoms with Crippen LogP contribution in [0.1, 0.15) is 17.0 Å². The van der Waals surface area contributed by atoms with Crippen molar-refractivity contribution in [2.75, 3.05) is 13.1 Å². The molecule has 1 aliphatic rings. The maximum atomic E-state index is 11.8. The number of likely N-dealkylation sites (tertiary alicyclic amines) is 1. The lowest BCUT2D eigenvalue weighted by Crippen LogP contribution is -2.29. The number of nitrogens with two attached hydrogens (primary N) is 1. The molecule has 0 aliphatic carbocycles. The highest BCUT2D eigenvalue weighted by molar-refractivity contribution is 5.78. The molecule has 21 heavy (non-hydrogen) atoms. The van der Waals surface area contributed by atoms with Gasteiger partial charge < -0.3 is 5.73 Å². The van der Waals surface area contributed by atoms with Crippen LogP contribution in [-0.2, 0) is 11.3 Å². The highest BCUT2D eigenvalue weighted by atomic mass is 16.1.